The summed E-state index contributed by atoms with van der Waals surface area (Å²) in [6.45, 7) is 0.913. The van der Waals surface area contributed by atoms with E-state index in [9.17, 15) is 8.42 Å². The number of thiophene rings is 1. The number of halogens is 2. The van der Waals surface area contributed by atoms with Gasteiger partial charge in [-0.2, -0.15) is 0 Å². The van der Waals surface area contributed by atoms with Crippen LogP contribution in [0.5, 0.6) is 0 Å². The molecule has 0 fully saturated rings. The summed E-state index contributed by atoms with van der Waals surface area (Å²) in [4.78, 5) is 0. The lowest BCUT2D eigenvalue weighted by Gasteiger charge is -2.19. The van der Waals surface area contributed by atoms with Crippen LogP contribution in [0.4, 0.5) is 11.4 Å². The highest BCUT2D eigenvalue weighted by Crippen LogP contribution is 2.35. The Morgan fingerprint density at radius 3 is 2.86 bits per heavy atom. The summed E-state index contributed by atoms with van der Waals surface area (Å²) < 4.78 is 28.1. The molecule has 0 amide bonds. The molecule has 1 aromatic carbocycles. The molecule has 0 bridgehead atoms. The smallest absolute Gasteiger partial charge is 0.271 e. The number of hydrogen-bond acceptors (Lipinski definition) is 4. The van der Waals surface area contributed by atoms with E-state index in [0.29, 0.717) is 14.5 Å². The first-order valence-electron chi connectivity index (χ1n) is 6.30. The van der Waals surface area contributed by atoms with Crippen molar-refractivity contribution >= 4 is 60.3 Å². The van der Waals surface area contributed by atoms with Crippen molar-refractivity contribution in [2.24, 2.45) is 0 Å². The molecule has 2 heterocycles. The largest absolute Gasteiger partial charge is 0.385 e. The monoisotopic (exact) mass is 406 g/mol. The van der Waals surface area contributed by atoms with Gasteiger partial charge in [-0.05, 0) is 52.5 Å². The number of aryl methyl sites for hydroxylation is 1. The van der Waals surface area contributed by atoms with Crippen molar-refractivity contribution in [1.29, 1.82) is 0 Å². The fourth-order valence-electron chi connectivity index (χ4n) is 2.19. The summed E-state index contributed by atoms with van der Waals surface area (Å²) in [6.07, 6.45) is 2.11. The van der Waals surface area contributed by atoms with Gasteiger partial charge in [-0.3, -0.25) is 4.72 Å². The van der Waals surface area contributed by atoms with Gasteiger partial charge in [0, 0.05) is 12.2 Å². The first kappa shape index (κ1) is 15.1. The Balaban J connectivity index is 1.88. The minimum Gasteiger partial charge on any atom is -0.385 e. The van der Waals surface area contributed by atoms with Crippen molar-refractivity contribution < 1.29 is 8.42 Å². The van der Waals surface area contributed by atoms with Crippen LogP contribution in [0, 0.1) is 0 Å². The van der Waals surface area contributed by atoms with Crippen LogP contribution in [0.15, 0.2) is 32.3 Å². The first-order chi connectivity index (χ1) is 9.95. The van der Waals surface area contributed by atoms with Crippen LogP contribution in [0.25, 0.3) is 0 Å². The van der Waals surface area contributed by atoms with Crippen molar-refractivity contribution in [2.45, 2.75) is 17.1 Å². The zero-order valence-electron chi connectivity index (χ0n) is 10.8. The highest BCUT2D eigenvalue weighted by Gasteiger charge is 2.20. The van der Waals surface area contributed by atoms with Gasteiger partial charge in [0.25, 0.3) is 10.0 Å². The van der Waals surface area contributed by atoms with Gasteiger partial charge in [-0.15, -0.1) is 11.3 Å². The molecular weight excluding hydrogens is 396 g/mol. The summed E-state index contributed by atoms with van der Waals surface area (Å²) in [7, 11) is -3.62. The third kappa shape index (κ3) is 3.21. The zero-order valence-corrected chi connectivity index (χ0v) is 14.8. The third-order valence-electron chi connectivity index (χ3n) is 3.19. The Bertz CT molecular complexity index is 770. The maximum atomic E-state index is 12.3. The average Bonchev–Trinajstić information content (AvgIpc) is 2.79. The predicted molar refractivity (Wildman–Crippen MR) is 91.1 cm³/mol. The standard InChI is InChI=1S/C13H12BrClN2O2S2/c14-13-10(15)7-12(20-13)21(18,19)17-9-4-3-8-2-1-5-16-11(8)6-9/h3-4,6-7,16-17H,1-2,5H2. The second-order valence-corrected chi connectivity index (χ2v) is 9.38. The fourth-order valence-corrected chi connectivity index (χ4v) is 5.64. The van der Waals surface area contributed by atoms with Crippen molar-refractivity contribution in [2.75, 3.05) is 16.6 Å². The van der Waals surface area contributed by atoms with Gasteiger partial charge in [-0.1, -0.05) is 17.7 Å². The van der Waals surface area contributed by atoms with E-state index < -0.39 is 10.0 Å². The lowest BCUT2D eigenvalue weighted by atomic mass is 10.0. The summed E-state index contributed by atoms with van der Waals surface area (Å²) >= 11 is 10.2. The molecule has 21 heavy (non-hydrogen) atoms. The molecule has 1 aliphatic heterocycles. The van der Waals surface area contributed by atoms with Crippen molar-refractivity contribution in [3.05, 3.63) is 38.6 Å². The van der Waals surface area contributed by atoms with E-state index in [0.717, 1.165) is 36.4 Å². The van der Waals surface area contributed by atoms with E-state index in [-0.39, 0.29) is 4.21 Å². The molecular formula is C13H12BrClN2O2S2. The molecule has 1 aliphatic rings. The predicted octanol–water partition coefficient (Wildman–Crippen LogP) is 4.32. The fraction of sp³-hybridized carbons (Fsp3) is 0.231. The van der Waals surface area contributed by atoms with Gasteiger partial charge in [0.2, 0.25) is 0 Å². The van der Waals surface area contributed by atoms with Gasteiger partial charge in [-0.25, -0.2) is 8.42 Å². The van der Waals surface area contributed by atoms with Gasteiger partial charge in [0.1, 0.15) is 4.21 Å². The summed E-state index contributed by atoms with van der Waals surface area (Å²) in [6, 6.07) is 7.01. The maximum Gasteiger partial charge on any atom is 0.271 e. The normalized spacial score (nSPS) is 14.4. The lowest BCUT2D eigenvalue weighted by Crippen LogP contribution is -2.14. The van der Waals surface area contributed by atoms with E-state index in [4.69, 9.17) is 11.6 Å². The summed E-state index contributed by atoms with van der Waals surface area (Å²) in [5.74, 6) is 0. The van der Waals surface area contributed by atoms with E-state index in [2.05, 4.69) is 26.0 Å². The highest BCUT2D eigenvalue weighted by molar-refractivity contribution is 9.11. The highest BCUT2D eigenvalue weighted by atomic mass is 79.9. The van der Waals surface area contributed by atoms with Crippen LogP contribution in [0.3, 0.4) is 0 Å². The molecule has 0 radical (unpaired) electrons. The Morgan fingerprint density at radius 2 is 2.14 bits per heavy atom. The van der Waals surface area contributed by atoms with Crippen LogP contribution in [0.2, 0.25) is 5.02 Å². The molecule has 1 aromatic heterocycles. The molecule has 0 unspecified atom stereocenters. The number of anilines is 2. The molecule has 112 valence electrons. The zero-order chi connectivity index (χ0) is 15.0. The Kier molecular flexibility index (Phi) is 4.18. The van der Waals surface area contributed by atoms with Crippen molar-refractivity contribution in [3.63, 3.8) is 0 Å². The van der Waals surface area contributed by atoms with Crippen LogP contribution >= 0.6 is 38.9 Å². The van der Waals surface area contributed by atoms with Crippen LogP contribution in [-0.4, -0.2) is 15.0 Å². The van der Waals surface area contributed by atoms with Gasteiger partial charge < -0.3 is 5.32 Å². The maximum absolute atomic E-state index is 12.3. The van der Waals surface area contributed by atoms with Crippen LogP contribution in [-0.2, 0) is 16.4 Å². The van der Waals surface area contributed by atoms with Crippen molar-refractivity contribution in [3.8, 4) is 0 Å². The Morgan fingerprint density at radius 1 is 1.33 bits per heavy atom. The van der Waals surface area contributed by atoms with E-state index in [1.165, 1.54) is 11.6 Å². The van der Waals surface area contributed by atoms with Gasteiger partial charge in [0.05, 0.1) is 14.5 Å². The number of nitrogens with one attached hydrogen (secondary N) is 2. The third-order valence-corrected chi connectivity index (χ3v) is 7.52. The van der Waals surface area contributed by atoms with Crippen LogP contribution < -0.4 is 10.0 Å². The Hall–Kier alpha value is -0.760. The molecule has 0 saturated heterocycles. The number of sulfonamides is 1. The van der Waals surface area contributed by atoms with Gasteiger partial charge >= 0.3 is 0 Å². The minimum atomic E-state index is -3.62. The second-order valence-electron chi connectivity index (χ2n) is 4.69. The van der Waals surface area contributed by atoms with E-state index in [1.54, 1.807) is 6.07 Å². The van der Waals surface area contributed by atoms with Gasteiger partial charge in [0.15, 0.2) is 0 Å². The van der Waals surface area contributed by atoms with Crippen molar-refractivity contribution in [1.82, 2.24) is 0 Å². The molecule has 2 aromatic rings. The minimum absolute atomic E-state index is 0.185. The quantitative estimate of drug-likeness (QED) is 0.796. The second kappa shape index (κ2) is 5.79. The number of fused-ring (bicyclic) bond motifs is 1. The number of benzene rings is 1. The number of hydrogen-bond donors (Lipinski definition) is 2. The van der Waals surface area contributed by atoms with E-state index >= 15 is 0 Å². The van der Waals surface area contributed by atoms with E-state index in [1.807, 2.05) is 12.1 Å². The lowest BCUT2D eigenvalue weighted by molar-refractivity contribution is 0.603. The summed E-state index contributed by atoms with van der Waals surface area (Å²) in [5, 5.41) is 3.68. The summed E-state index contributed by atoms with van der Waals surface area (Å²) in [5.41, 5.74) is 2.75. The number of rotatable bonds is 3. The first-order valence-corrected chi connectivity index (χ1v) is 9.77. The molecule has 8 heteroatoms. The topological polar surface area (TPSA) is 58.2 Å². The SMILES string of the molecule is O=S(=O)(Nc1ccc2c(c1)NCCC2)c1cc(Cl)c(Br)s1. The molecule has 0 aliphatic carbocycles. The molecule has 0 spiro atoms. The molecule has 3 rings (SSSR count). The molecule has 2 N–H and O–H groups in total. The molecule has 0 atom stereocenters. The molecule has 4 nitrogen and oxygen atoms in total. The Labute approximate surface area is 140 Å². The molecule has 0 saturated carbocycles. The average molecular weight is 408 g/mol. The van der Waals surface area contributed by atoms with Crippen LogP contribution in [0.1, 0.15) is 12.0 Å².